The van der Waals surface area contributed by atoms with E-state index in [9.17, 15) is 4.39 Å². The minimum Gasteiger partial charge on any atom is -0.379 e. The summed E-state index contributed by atoms with van der Waals surface area (Å²) in [5, 5.41) is 11.8. The van der Waals surface area contributed by atoms with Gasteiger partial charge in [0.1, 0.15) is 5.82 Å². The molecule has 0 aliphatic carbocycles. The highest BCUT2D eigenvalue weighted by Crippen LogP contribution is 2.20. The summed E-state index contributed by atoms with van der Waals surface area (Å²) in [6, 6.07) is 10.6. The number of benzene rings is 2. The summed E-state index contributed by atoms with van der Waals surface area (Å²) in [7, 11) is 0. The molecule has 2 aromatic carbocycles. The van der Waals surface area contributed by atoms with Crippen LogP contribution in [0.1, 0.15) is 27.8 Å². The maximum absolute atomic E-state index is 13.8. The van der Waals surface area contributed by atoms with Crippen LogP contribution in [0, 0.1) is 37.9 Å². The monoisotopic (exact) mass is 268 g/mol. The van der Waals surface area contributed by atoms with E-state index in [1.165, 1.54) is 28.3 Å². The SMILES string of the molecule is Cc1cc(C)c(CNc2ccc(C#N)cc2F)c(C)c1. The van der Waals surface area contributed by atoms with Crippen molar-refractivity contribution in [2.75, 3.05) is 5.32 Å². The topological polar surface area (TPSA) is 35.8 Å². The second-order valence-corrected chi connectivity index (χ2v) is 5.04. The molecule has 2 nitrogen and oxygen atoms in total. The summed E-state index contributed by atoms with van der Waals surface area (Å²) in [4.78, 5) is 0. The Morgan fingerprint density at radius 3 is 2.30 bits per heavy atom. The van der Waals surface area contributed by atoms with Gasteiger partial charge < -0.3 is 5.32 Å². The number of nitrogens with zero attached hydrogens (tertiary/aromatic N) is 1. The van der Waals surface area contributed by atoms with E-state index in [1.54, 1.807) is 12.1 Å². The van der Waals surface area contributed by atoms with Crippen molar-refractivity contribution in [3.8, 4) is 6.07 Å². The Labute approximate surface area is 118 Å². The molecule has 20 heavy (non-hydrogen) atoms. The molecule has 0 aliphatic heterocycles. The van der Waals surface area contributed by atoms with Crippen molar-refractivity contribution in [2.45, 2.75) is 27.3 Å². The van der Waals surface area contributed by atoms with Gasteiger partial charge in [-0.2, -0.15) is 5.26 Å². The van der Waals surface area contributed by atoms with Gasteiger partial charge in [-0.25, -0.2) is 4.39 Å². The second kappa shape index (κ2) is 5.75. The maximum Gasteiger partial charge on any atom is 0.147 e. The molecular formula is C17H17FN2. The number of hydrogen-bond acceptors (Lipinski definition) is 2. The standard InChI is InChI=1S/C17H17FN2/c1-11-6-12(2)15(13(3)7-11)10-20-17-5-4-14(9-19)8-16(17)18/h4-8,20H,10H2,1-3H3. The zero-order valence-corrected chi connectivity index (χ0v) is 11.9. The summed E-state index contributed by atoms with van der Waals surface area (Å²) in [6.07, 6.45) is 0. The third-order valence-electron chi connectivity index (χ3n) is 3.39. The fourth-order valence-corrected chi connectivity index (χ4v) is 2.40. The molecule has 3 heteroatoms. The predicted octanol–water partition coefficient (Wildman–Crippen LogP) is 4.23. The normalized spacial score (nSPS) is 10.2. The molecule has 0 aliphatic rings. The summed E-state index contributed by atoms with van der Waals surface area (Å²) in [6.45, 7) is 6.76. The fraction of sp³-hybridized carbons (Fsp3) is 0.235. The van der Waals surface area contributed by atoms with Gasteiger partial charge in [0.25, 0.3) is 0 Å². The van der Waals surface area contributed by atoms with Crippen LogP contribution in [0.3, 0.4) is 0 Å². The largest absolute Gasteiger partial charge is 0.379 e. The van der Waals surface area contributed by atoms with Crippen LogP contribution in [0.4, 0.5) is 10.1 Å². The zero-order chi connectivity index (χ0) is 14.7. The first-order valence-corrected chi connectivity index (χ1v) is 6.51. The highest BCUT2D eigenvalue weighted by atomic mass is 19.1. The van der Waals surface area contributed by atoms with Gasteiger partial charge in [0, 0.05) is 6.54 Å². The van der Waals surface area contributed by atoms with Gasteiger partial charge in [-0.15, -0.1) is 0 Å². The molecule has 0 amide bonds. The minimum atomic E-state index is -0.397. The van der Waals surface area contributed by atoms with Crippen LogP contribution >= 0.6 is 0 Å². The van der Waals surface area contributed by atoms with E-state index in [-0.39, 0.29) is 0 Å². The van der Waals surface area contributed by atoms with Crippen LogP contribution in [0.25, 0.3) is 0 Å². The minimum absolute atomic E-state index is 0.329. The number of hydrogen-bond donors (Lipinski definition) is 1. The third kappa shape index (κ3) is 2.97. The Morgan fingerprint density at radius 2 is 1.75 bits per heavy atom. The van der Waals surface area contributed by atoms with Gasteiger partial charge in [0.05, 0.1) is 17.3 Å². The van der Waals surface area contributed by atoms with Gasteiger partial charge in [-0.3, -0.25) is 0 Å². The summed E-state index contributed by atoms with van der Waals surface area (Å²) >= 11 is 0. The molecule has 0 bridgehead atoms. The number of nitriles is 1. The van der Waals surface area contributed by atoms with E-state index in [1.807, 2.05) is 6.07 Å². The van der Waals surface area contributed by atoms with E-state index in [2.05, 4.69) is 38.2 Å². The third-order valence-corrected chi connectivity index (χ3v) is 3.39. The fourth-order valence-electron chi connectivity index (χ4n) is 2.40. The van der Waals surface area contributed by atoms with Crippen molar-refractivity contribution >= 4 is 5.69 Å². The van der Waals surface area contributed by atoms with Crippen LogP contribution in [-0.2, 0) is 6.54 Å². The molecule has 0 unspecified atom stereocenters. The van der Waals surface area contributed by atoms with Crippen LogP contribution in [-0.4, -0.2) is 0 Å². The van der Waals surface area contributed by atoms with E-state index >= 15 is 0 Å². The van der Waals surface area contributed by atoms with Crippen molar-refractivity contribution in [3.63, 3.8) is 0 Å². The Hall–Kier alpha value is -2.34. The van der Waals surface area contributed by atoms with Crippen molar-refractivity contribution < 1.29 is 4.39 Å². The quantitative estimate of drug-likeness (QED) is 0.904. The Kier molecular flexibility index (Phi) is 4.05. The van der Waals surface area contributed by atoms with E-state index < -0.39 is 5.82 Å². The predicted molar refractivity (Wildman–Crippen MR) is 79.1 cm³/mol. The molecule has 0 aromatic heterocycles. The number of halogens is 1. The zero-order valence-electron chi connectivity index (χ0n) is 11.9. The lowest BCUT2D eigenvalue weighted by molar-refractivity contribution is 0.629. The molecule has 2 rings (SSSR count). The van der Waals surface area contributed by atoms with Crippen molar-refractivity contribution in [2.24, 2.45) is 0 Å². The first-order valence-electron chi connectivity index (χ1n) is 6.51. The molecule has 1 N–H and O–H groups in total. The Bertz CT molecular complexity index is 661. The second-order valence-electron chi connectivity index (χ2n) is 5.04. The molecular weight excluding hydrogens is 251 g/mol. The molecule has 0 heterocycles. The van der Waals surface area contributed by atoms with Gasteiger partial charge in [0.2, 0.25) is 0 Å². The van der Waals surface area contributed by atoms with Crippen molar-refractivity contribution in [1.29, 1.82) is 5.26 Å². The molecule has 2 aromatic rings. The van der Waals surface area contributed by atoms with Gasteiger partial charge >= 0.3 is 0 Å². The average molecular weight is 268 g/mol. The molecule has 0 spiro atoms. The highest BCUT2D eigenvalue weighted by molar-refractivity contribution is 5.50. The molecule has 0 radical (unpaired) electrons. The van der Waals surface area contributed by atoms with Crippen LogP contribution < -0.4 is 5.32 Å². The van der Waals surface area contributed by atoms with Crippen LogP contribution in [0.15, 0.2) is 30.3 Å². The smallest absolute Gasteiger partial charge is 0.147 e. The summed E-state index contributed by atoms with van der Waals surface area (Å²) in [5.74, 6) is -0.397. The number of aryl methyl sites for hydroxylation is 3. The molecule has 0 atom stereocenters. The Morgan fingerprint density at radius 1 is 1.10 bits per heavy atom. The first-order chi connectivity index (χ1) is 9.51. The number of anilines is 1. The molecule has 0 saturated heterocycles. The van der Waals surface area contributed by atoms with Gasteiger partial charge in [-0.05, 0) is 55.7 Å². The van der Waals surface area contributed by atoms with Gasteiger partial charge in [-0.1, -0.05) is 17.7 Å². The average Bonchev–Trinajstić information content (AvgIpc) is 2.39. The highest BCUT2D eigenvalue weighted by Gasteiger charge is 2.06. The summed E-state index contributed by atoms with van der Waals surface area (Å²) in [5.41, 5.74) is 5.56. The maximum atomic E-state index is 13.8. The lowest BCUT2D eigenvalue weighted by atomic mass is 10.00. The van der Waals surface area contributed by atoms with Gasteiger partial charge in [0.15, 0.2) is 0 Å². The van der Waals surface area contributed by atoms with E-state index in [0.29, 0.717) is 17.8 Å². The first kappa shape index (κ1) is 14.1. The van der Waals surface area contributed by atoms with Crippen molar-refractivity contribution in [3.05, 3.63) is 64.0 Å². The molecule has 0 fully saturated rings. The van der Waals surface area contributed by atoms with Crippen LogP contribution in [0.5, 0.6) is 0 Å². The van der Waals surface area contributed by atoms with Crippen LogP contribution in [0.2, 0.25) is 0 Å². The summed E-state index contributed by atoms with van der Waals surface area (Å²) < 4.78 is 13.8. The van der Waals surface area contributed by atoms with E-state index in [0.717, 1.165) is 0 Å². The number of rotatable bonds is 3. The lowest BCUT2D eigenvalue weighted by Crippen LogP contribution is -2.05. The molecule has 102 valence electrons. The number of nitrogens with one attached hydrogen (secondary N) is 1. The van der Waals surface area contributed by atoms with E-state index in [4.69, 9.17) is 5.26 Å². The Balaban J connectivity index is 2.20. The molecule has 0 saturated carbocycles. The lowest BCUT2D eigenvalue weighted by Gasteiger charge is -2.13. The van der Waals surface area contributed by atoms with Crippen molar-refractivity contribution in [1.82, 2.24) is 0 Å².